The third-order valence-corrected chi connectivity index (χ3v) is 11.7. The van der Waals surface area contributed by atoms with Crippen molar-refractivity contribution in [1.82, 2.24) is 0 Å². The minimum atomic E-state index is -0.394. The molecule has 2 aliphatic carbocycles. The van der Waals surface area contributed by atoms with E-state index in [1.165, 1.54) is 75.1 Å². The zero-order valence-electron chi connectivity index (χ0n) is 21.3. The lowest BCUT2D eigenvalue weighted by molar-refractivity contribution is 0.283. The number of aliphatic hydroxyl groups is 1. The van der Waals surface area contributed by atoms with Gasteiger partial charge in [0.2, 0.25) is 0 Å². The van der Waals surface area contributed by atoms with E-state index in [4.69, 9.17) is 9.47 Å². The van der Waals surface area contributed by atoms with Crippen LogP contribution in [0.2, 0.25) is 0 Å². The smallest absolute Gasteiger partial charge is 0.138 e. The molecule has 4 heteroatoms. The zero-order chi connectivity index (χ0) is 24.2. The molecule has 3 nitrogen and oxygen atoms in total. The summed E-state index contributed by atoms with van der Waals surface area (Å²) in [5, 5.41) is 13.6. The fraction of sp³-hybridized carbons (Fsp3) is 0.484. The maximum absolute atomic E-state index is 9.93. The second kappa shape index (κ2) is 11.3. The van der Waals surface area contributed by atoms with Gasteiger partial charge in [0.25, 0.3) is 0 Å². The monoisotopic (exact) mass is 490 g/mol. The van der Waals surface area contributed by atoms with Gasteiger partial charge in [-0.1, -0.05) is 82.8 Å². The Kier molecular flexibility index (Phi) is 7.95. The van der Waals surface area contributed by atoms with E-state index in [0.29, 0.717) is 0 Å². The molecule has 0 amide bonds. The SMILES string of the molecule is COc1ccc(-c2cccc3c(CO)cccc23)c(OC)c1P(C1CCCCC1)C1CCCCC1. The molecule has 0 bridgehead atoms. The van der Waals surface area contributed by atoms with Gasteiger partial charge in [-0.2, -0.15) is 0 Å². The Morgan fingerprint density at radius 2 is 1.34 bits per heavy atom. The molecule has 3 aromatic carbocycles. The largest absolute Gasteiger partial charge is 0.496 e. The molecule has 35 heavy (non-hydrogen) atoms. The Bertz CT molecular complexity index is 1130. The van der Waals surface area contributed by atoms with Crippen molar-refractivity contribution in [2.75, 3.05) is 14.2 Å². The molecule has 2 aliphatic rings. The van der Waals surface area contributed by atoms with Crippen LogP contribution in [0.1, 0.15) is 69.8 Å². The summed E-state index contributed by atoms with van der Waals surface area (Å²) in [5.41, 5.74) is 4.79. The van der Waals surface area contributed by atoms with E-state index in [9.17, 15) is 5.11 Å². The van der Waals surface area contributed by atoms with Gasteiger partial charge in [0, 0.05) is 5.56 Å². The molecule has 186 valence electrons. The highest BCUT2D eigenvalue weighted by atomic mass is 31.1. The van der Waals surface area contributed by atoms with Gasteiger partial charge in [-0.15, -0.1) is 0 Å². The Balaban J connectivity index is 1.71. The first kappa shape index (κ1) is 24.6. The number of benzene rings is 3. The highest BCUT2D eigenvalue weighted by Crippen LogP contribution is 2.59. The molecule has 0 saturated heterocycles. The van der Waals surface area contributed by atoms with Crippen LogP contribution in [0, 0.1) is 0 Å². The fourth-order valence-electron chi connectivity index (χ4n) is 6.51. The van der Waals surface area contributed by atoms with E-state index in [-0.39, 0.29) is 6.61 Å². The first-order chi connectivity index (χ1) is 17.3. The van der Waals surface area contributed by atoms with E-state index in [0.717, 1.165) is 44.7 Å². The molecule has 0 atom stereocenters. The van der Waals surface area contributed by atoms with E-state index in [2.05, 4.69) is 36.4 Å². The quantitative estimate of drug-likeness (QED) is 0.344. The summed E-state index contributed by atoms with van der Waals surface area (Å²) in [5.74, 6) is 2.01. The van der Waals surface area contributed by atoms with Crippen LogP contribution in [0.15, 0.2) is 48.5 Å². The molecule has 2 fully saturated rings. The van der Waals surface area contributed by atoms with Gasteiger partial charge in [0.05, 0.1) is 26.1 Å². The number of fused-ring (bicyclic) bond motifs is 1. The number of ether oxygens (including phenoxy) is 2. The maximum Gasteiger partial charge on any atom is 0.138 e. The summed E-state index contributed by atoms with van der Waals surface area (Å²) in [4.78, 5) is 0. The Hall–Kier alpha value is -2.09. The van der Waals surface area contributed by atoms with E-state index in [1.807, 2.05) is 26.4 Å². The lowest BCUT2D eigenvalue weighted by atomic mass is 9.95. The lowest BCUT2D eigenvalue weighted by Gasteiger charge is -2.40. The van der Waals surface area contributed by atoms with Crippen molar-refractivity contribution in [3.05, 3.63) is 54.1 Å². The summed E-state index contributed by atoms with van der Waals surface area (Å²) in [6.45, 7) is 0.0421. The average molecular weight is 491 g/mol. The molecular formula is C31H39O3P. The van der Waals surface area contributed by atoms with Crippen molar-refractivity contribution in [2.24, 2.45) is 0 Å². The third kappa shape index (κ3) is 4.83. The molecule has 2 saturated carbocycles. The second-order valence-corrected chi connectivity index (χ2v) is 12.9. The van der Waals surface area contributed by atoms with Crippen LogP contribution in [0.25, 0.3) is 21.9 Å². The predicted molar refractivity (Wildman–Crippen MR) is 149 cm³/mol. The molecule has 0 heterocycles. The van der Waals surface area contributed by atoms with Crippen LogP contribution in [-0.2, 0) is 6.61 Å². The average Bonchev–Trinajstić information content (AvgIpc) is 2.93. The van der Waals surface area contributed by atoms with Crippen LogP contribution in [-0.4, -0.2) is 30.6 Å². The van der Waals surface area contributed by atoms with Crippen molar-refractivity contribution in [3.63, 3.8) is 0 Å². The molecule has 0 radical (unpaired) electrons. The molecule has 5 rings (SSSR count). The van der Waals surface area contributed by atoms with Gasteiger partial charge in [0.1, 0.15) is 11.5 Å². The van der Waals surface area contributed by atoms with Crippen molar-refractivity contribution in [2.45, 2.75) is 82.1 Å². The molecule has 0 aliphatic heterocycles. The van der Waals surface area contributed by atoms with Crippen LogP contribution >= 0.6 is 7.92 Å². The number of hydrogen-bond acceptors (Lipinski definition) is 3. The molecular weight excluding hydrogens is 451 g/mol. The molecule has 0 aromatic heterocycles. The van der Waals surface area contributed by atoms with Gasteiger partial charge in [0.15, 0.2) is 0 Å². The van der Waals surface area contributed by atoms with Gasteiger partial charge >= 0.3 is 0 Å². The normalized spacial score (nSPS) is 17.7. The van der Waals surface area contributed by atoms with Crippen LogP contribution < -0.4 is 14.8 Å². The molecule has 3 aromatic rings. The Morgan fingerprint density at radius 1 is 0.714 bits per heavy atom. The predicted octanol–water partition coefficient (Wildman–Crippen LogP) is 7.79. The Labute approximate surface area is 211 Å². The second-order valence-electron chi connectivity index (χ2n) is 10.2. The van der Waals surface area contributed by atoms with Gasteiger partial charge in [-0.05, 0) is 71.0 Å². The molecule has 1 N–H and O–H groups in total. The van der Waals surface area contributed by atoms with Crippen molar-refractivity contribution < 1.29 is 14.6 Å². The number of methoxy groups -OCH3 is 2. The summed E-state index contributed by atoms with van der Waals surface area (Å²) in [7, 11) is 3.26. The van der Waals surface area contributed by atoms with E-state index < -0.39 is 7.92 Å². The lowest BCUT2D eigenvalue weighted by Crippen LogP contribution is -2.28. The van der Waals surface area contributed by atoms with Crippen molar-refractivity contribution in [3.8, 4) is 22.6 Å². The topological polar surface area (TPSA) is 38.7 Å². The minimum absolute atomic E-state index is 0.0421. The standard InChI is InChI=1S/C31H39O3P/c1-33-29-20-19-28(27-18-10-16-25-22(21-32)11-9-17-26(25)27)30(34-2)31(29)35(23-12-5-3-6-13-23)24-14-7-4-8-15-24/h9-11,16-20,23-24,32H,3-8,12-15,21H2,1-2H3. The first-order valence-corrected chi connectivity index (χ1v) is 14.9. The highest BCUT2D eigenvalue weighted by molar-refractivity contribution is 7.67. The van der Waals surface area contributed by atoms with Gasteiger partial charge < -0.3 is 14.6 Å². The molecule has 0 unspecified atom stereocenters. The summed E-state index contributed by atoms with van der Waals surface area (Å²) >= 11 is 0. The van der Waals surface area contributed by atoms with Gasteiger partial charge in [-0.25, -0.2) is 0 Å². The first-order valence-electron chi connectivity index (χ1n) is 13.4. The van der Waals surface area contributed by atoms with E-state index >= 15 is 0 Å². The third-order valence-electron chi connectivity index (χ3n) is 8.19. The van der Waals surface area contributed by atoms with Crippen molar-refractivity contribution in [1.29, 1.82) is 0 Å². The number of rotatable bonds is 7. The van der Waals surface area contributed by atoms with Crippen molar-refractivity contribution >= 4 is 24.0 Å². The maximum atomic E-state index is 9.93. The van der Waals surface area contributed by atoms with Crippen LogP contribution in [0.5, 0.6) is 11.5 Å². The summed E-state index contributed by atoms with van der Waals surface area (Å²) < 4.78 is 12.4. The Morgan fingerprint density at radius 3 is 1.94 bits per heavy atom. The summed E-state index contributed by atoms with van der Waals surface area (Å²) in [6, 6.07) is 17.0. The van der Waals surface area contributed by atoms with Gasteiger partial charge in [-0.3, -0.25) is 0 Å². The molecule has 0 spiro atoms. The van der Waals surface area contributed by atoms with Crippen LogP contribution in [0.3, 0.4) is 0 Å². The minimum Gasteiger partial charge on any atom is -0.496 e. The van der Waals surface area contributed by atoms with Crippen LogP contribution in [0.4, 0.5) is 0 Å². The number of hydrogen-bond donors (Lipinski definition) is 1. The van der Waals surface area contributed by atoms with E-state index in [1.54, 1.807) is 0 Å². The zero-order valence-corrected chi connectivity index (χ0v) is 22.2. The fourth-order valence-corrected chi connectivity index (χ4v) is 10.5. The number of aliphatic hydroxyl groups excluding tert-OH is 1. The highest BCUT2D eigenvalue weighted by Gasteiger charge is 2.37. The summed E-state index contributed by atoms with van der Waals surface area (Å²) in [6.07, 6.45) is 13.5.